The number of para-hydroxylation sites is 1. The van der Waals surface area contributed by atoms with Crippen molar-refractivity contribution in [2.45, 2.75) is 6.92 Å². The van der Waals surface area contributed by atoms with Crippen LogP contribution in [0.1, 0.15) is 15.2 Å². The summed E-state index contributed by atoms with van der Waals surface area (Å²) in [6.45, 7) is 11.5. The van der Waals surface area contributed by atoms with Gasteiger partial charge >= 0.3 is 0 Å². The van der Waals surface area contributed by atoms with E-state index in [1.807, 2.05) is 42.3 Å². The van der Waals surface area contributed by atoms with Crippen LogP contribution in [0.4, 0.5) is 28.1 Å². The van der Waals surface area contributed by atoms with E-state index in [-0.39, 0.29) is 11.8 Å². The molecule has 0 unspecified atom stereocenters. The first-order valence-electron chi connectivity index (χ1n) is 16.1. The first-order valence-corrected chi connectivity index (χ1v) is 17.3. The zero-order valence-corrected chi connectivity index (χ0v) is 28.9. The van der Waals surface area contributed by atoms with Gasteiger partial charge in [-0.25, -0.2) is 15.0 Å². The Kier molecular flexibility index (Phi) is 9.39. The summed E-state index contributed by atoms with van der Waals surface area (Å²) >= 11 is 7.52. The summed E-state index contributed by atoms with van der Waals surface area (Å²) < 4.78 is 11.4. The molecule has 49 heavy (non-hydrogen) atoms. The van der Waals surface area contributed by atoms with Crippen molar-refractivity contribution in [1.29, 1.82) is 0 Å². The van der Waals surface area contributed by atoms with E-state index in [9.17, 15) is 9.59 Å². The normalized spacial score (nSPS) is 18.7. The number of rotatable bonds is 9. The minimum absolute atomic E-state index is 0.0463. The summed E-state index contributed by atoms with van der Waals surface area (Å²) in [6.07, 6.45) is 4.74. The maximum absolute atomic E-state index is 13.0. The van der Waals surface area contributed by atoms with Crippen LogP contribution in [0.3, 0.4) is 0 Å². The van der Waals surface area contributed by atoms with Gasteiger partial charge in [-0.05, 0) is 42.8 Å². The molecule has 14 heteroatoms. The molecule has 3 aromatic heterocycles. The molecule has 3 fully saturated rings. The number of amides is 2. The van der Waals surface area contributed by atoms with E-state index >= 15 is 0 Å². The molecule has 2 N–H and O–H groups in total. The fourth-order valence-corrected chi connectivity index (χ4v) is 7.56. The monoisotopic (exact) mass is 700 g/mol. The second-order valence-electron chi connectivity index (χ2n) is 12.3. The van der Waals surface area contributed by atoms with Crippen LogP contribution < -0.4 is 25.2 Å². The lowest BCUT2D eigenvalue weighted by Crippen LogP contribution is -2.49. The number of methoxy groups -OCH3 is 1. The van der Waals surface area contributed by atoms with Crippen LogP contribution in [0.2, 0.25) is 5.02 Å². The van der Waals surface area contributed by atoms with Crippen molar-refractivity contribution in [3.63, 3.8) is 0 Å². The molecular weight excluding hydrogens is 664 g/mol. The highest BCUT2D eigenvalue weighted by molar-refractivity contribution is 7.17. The SMILES string of the molecule is C=CC(=O)N1CCN(c2ncc(-c3ccc(OC)c(Nc4ncc(C(=O)Nc5c(C)cccc5Cl)s4)n3)cc2N2C[C@H]3COC[C@H]3C2)CC1. The van der Waals surface area contributed by atoms with Crippen molar-refractivity contribution in [3.8, 4) is 17.0 Å². The van der Waals surface area contributed by atoms with Gasteiger partial charge in [-0.1, -0.05) is 41.6 Å². The maximum Gasteiger partial charge on any atom is 0.267 e. The van der Waals surface area contributed by atoms with Gasteiger partial charge in [-0.2, -0.15) is 0 Å². The Morgan fingerprint density at radius 1 is 1.06 bits per heavy atom. The molecule has 0 saturated carbocycles. The van der Waals surface area contributed by atoms with Gasteiger partial charge in [0.2, 0.25) is 5.91 Å². The van der Waals surface area contributed by atoms with Gasteiger partial charge < -0.3 is 34.8 Å². The van der Waals surface area contributed by atoms with Crippen LogP contribution in [0.5, 0.6) is 5.75 Å². The minimum Gasteiger partial charge on any atom is -0.493 e. The zero-order valence-electron chi connectivity index (χ0n) is 27.3. The van der Waals surface area contributed by atoms with Gasteiger partial charge in [0.05, 0.1) is 48.6 Å². The van der Waals surface area contributed by atoms with Gasteiger partial charge in [-0.15, -0.1) is 0 Å². The van der Waals surface area contributed by atoms with Gasteiger partial charge in [0.15, 0.2) is 22.5 Å². The highest BCUT2D eigenvalue weighted by atomic mass is 35.5. The summed E-state index contributed by atoms with van der Waals surface area (Å²) in [5, 5.41) is 7.09. The van der Waals surface area contributed by atoms with E-state index in [0.717, 1.165) is 48.9 Å². The Labute approximate surface area is 293 Å². The third-order valence-electron chi connectivity index (χ3n) is 9.28. The fourth-order valence-electron chi connectivity index (χ4n) is 6.58. The number of ether oxygens (including phenoxy) is 2. The summed E-state index contributed by atoms with van der Waals surface area (Å²) in [7, 11) is 1.58. The fraction of sp³-hybridized carbons (Fsp3) is 0.343. The zero-order chi connectivity index (χ0) is 34.1. The quantitative estimate of drug-likeness (QED) is 0.217. The molecule has 3 aliphatic heterocycles. The lowest BCUT2D eigenvalue weighted by atomic mass is 10.0. The molecule has 3 saturated heterocycles. The molecule has 0 radical (unpaired) electrons. The molecule has 254 valence electrons. The Balaban J connectivity index is 1.14. The molecule has 0 bridgehead atoms. The van der Waals surface area contributed by atoms with Gasteiger partial charge in [0, 0.05) is 62.9 Å². The Morgan fingerprint density at radius 2 is 1.84 bits per heavy atom. The third kappa shape index (κ3) is 6.78. The number of fused-ring (bicyclic) bond motifs is 1. The number of hydrogen-bond donors (Lipinski definition) is 2. The van der Waals surface area contributed by atoms with Gasteiger partial charge in [0.25, 0.3) is 5.91 Å². The van der Waals surface area contributed by atoms with Crippen molar-refractivity contribution in [1.82, 2.24) is 19.9 Å². The molecule has 0 aliphatic carbocycles. The lowest BCUT2D eigenvalue weighted by Gasteiger charge is -2.37. The molecule has 2 atom stereocenters. The number of piperazine rings is 1. The number of hydrogen-bond acceptors (Lipinski definition) is 11. The third-order valence-corrected chi connectivity index (χ3v) is 10.5. The van der Waals surface area contributed by atoms with E-state index in [1.54, 1.807) is 13.2 Å². The number of pyridine rings is 2. The summed E-state index contributed by atoms with van der Waals surface area (Å²) in [5.74, 6) is 2.53. The molecule has 4 aromatic rings. The highest BCUT2D eigenvalue weighted by Gasteiger charge is 2.39. The van der Waals surface area contributed by atoms with Crippen LogP contribution >= 0.6 is 22.9 Å². The first-order chi connectivity index (χ1) is 23.8. The topological polar surface area (TPSA) is 125 Å². The van der Waals surface area contributed by atoms with Gasteiger partial charge in [-0.3, -0.25) is 9.59 Å². The Morgan fingerprint density at radius 3 is 2.55 bits per heavy atom. The number of carbonyl (C=O) groups excluding carboxylic acids is 2. The van der Waals surface area contributed by atoms with Crippen molar-refractivity contribution in [3.05, 3.63) is 76.9 Å². The van der Waals surface area contributed by atoms with E-state index in [1.165, 1.54) is 23.6 Å². The summed E-state index contributed by atoms with van der Waals surface area (Å²) in [6, 6.07) is 11.4. The number of thiazole rings is 1. The number of halogens is 1. The molecule has 2 amide bonds. The van der Waals surface area contributed by atoms with Crippen LogP contribution in [0.15, 0.2) is 61.4 Å². The molecule has 0 spiro atoms. The first kappa shape index (κ1) is 32.8. The van der Waals surface area contributed by atoms with Crippen LogP contribution in [-0.4, -0.2) is 91.3 Å². The molecular formula is C35H37ClN8O4S. The second-order valence-corrected chi connectivity index (χ2v) is 13.8. The summed E-state index contributed by atoms with van der Waals surface area (Å²) in [5.41, 5.74) is 4.04. The Hall–Kier alpha value is -4.72. The average Bonchev–Trinajstić information content (AvgIpc) is 3.87. The van der Waals surface area contributed by atoms with Crippen molar-refractivity contribution < 1.29 is 19.1 Å². The number of aryl methyl sites for hydroxylation is 1. The van der Waals surface area contributed by atoms with Crippen molar-refractivity contribution >= 4 is 62.9 Å². The number of nitrogens with zero attached hydrogens (tertiary/aromatic N) is 6. The van der Waals surface area contributed by atoms with E-state index in [0.29, 0.717) is 76.0 Å². The number of benzene rings is 1. The molecule has 6 heterocycles. The van der Waals surface area contributed by atoms with E-state index in [4.69, 9.17) is 31.0 Å². The van der Waals surface area contributed by atoms with Crippen LogP contribution in [0, 0.1) is 18.8 Å². The Bertz CT molecular complexity index is 1860. The van der Waals surface area contributed by atoms with Crippen molar-refractivity contribution in [2.75, 3.05) is 80.0 Å². The summed E-state index contributed by atoms with van der Waals surface area (Å²) in [4.78, 5) is 46.5. The predicted molar refractivity (Wildman–Crippen MR) is 193 cm³/mol. The van der Waals surface area contributed by atoms with Gasteiger partial charge in [0.1, 0.15) is 4.88 Å². The van der Waals surface area contributed by atoms with E-state index < -0.39 is 0 Å². The average molecular weight is 701 g/mol. The number of carbonyl (C=O) groups is 2. The number of nitrogens with one attached hydrogen (secondary N) is 2. The largest absolute Gasteiger partial charge is 0.493 e. The minimum atomic E-state index is -0.305. The van der Waals surface area contributed by atoms with Crippen LogP contribution in [0.25, 0.3) is 11.3 Å². The number of aromatic nitrogens is 3. The predicted octanol–water partition coefficient (Wildman–Crippen LogP) is 5.48. The molecule has 1 aromatic carbocycles. The highest BCUT2D eigenvalue weighted by Crippen LogP contribution is 2.39. The van der Waals surface area contributed by atoms with Crippen LogP contribution in [-0.2, 0) is 9.53 Å². The standard InChI is InChI=1S/C35H37ClN8O4S/c1-4-30(45)42-10-12-43(13-11-42)33-27(44-17-23-19-48-20-24(23)18-44)14-22(15-37-33)26-8-9-28(47-3)32(39-26)41-35-38-16-29(49-35)34(46)40-31-21(2)6-5-7-25(31)36/h4-9,14-16,23-24H,1,10-13,17-20H2,2-3H3,(H,40,46)(H,38,39,41)/t23-,24+. The molecule has 12 nitrogen and oxygen atoms in total. The van der Waals surface area contributed by atoms with E-state index in [2.05, 4.69) is 38.1 Å². The molecule has 3 aliphatic rings. The number of anilines is 5. The smallest absolute Gasteiger partial charge is 0.267 e. The second kappa shape index (κ2) is 14.0. The van der Waals surface area contributed by atoms with Crippen molar-refractivity contribution in [2.24, 2.45) is 11.8 Å². The maximum atomic E-state index is 13.0. The lowest BCUT2D eigenvalue weighted by molar-refractivity contribution is -0.126. The molecule has 7 rings (SSSR count).